The Morgan fingerprint density at radius 1 is 1.47 bits per heavy atom. The van der Waals surface area contributed by atoms with Gasteiger partial charge in [0.15, 0.2) is 5.65 Å². The summed E-state index contributed by atoms with van der Waals surface area (Å²) >= 11 is 0. The van der Waals surface area contributed by atoms with Gasteiger partial charge in [-0.1, -0.05) is 0 Å². The highest BCUT2D eigenvalue weighted by Crippen LogP contribution is 2.14. The van der Waals surface area contributed by atoms with Crippen molar-refractivity contribution in [1.29, 1.82) is 0 Å². The third-order valence-corrected chi connectivity index (χ3v) is 2.01. The van der Waals surface area contributed by atoms with E-state index in [1.54, 1.807) is 10.9 Å². The number of hydrogen-bond donors (Lipinski definition) is 1. The van der Waals surface area contributed by atoms with Crippen LogP contribution >= 0.6 is 0 Å². The van der Waals surface area contributed by atoms with Crippen LogP contribution in [-0.4, -0.2) is 30.8 Å². The summed E-state index contributed by atoms with van der Waals surface area (Å²) in [7, 11) is 0. The number of carboxylic acids is 1. The van der Waals surface area contributed by atoms with Crippen molar-refractivity contribution in [3.8, 4) is 0 Å². The van der Waals surface area contributed by atoms with Crippen LogP contribution in [0.1, 0.15) is 30.5 Å². The van der Waals surface area contributed by atoms with Crippen molar-refractivity contribution >= 4 is 17.0 Å². The van der Waals surface area contributed by atoms with Crippen molar-refractivity contribution in [2.45, 2.75) is 19.9 Å². The van der Waals surface area contributed by atoms with E-state index in [1.807, 2.05) is 13.8 Å². The molecule has 0 atom stereocenters. The molecule has 0 fully saturated rings. The number of aromatic nitrogens is 4. The van der Waals surface area contributed by atoms with Gasteiger partial charge in [0.2, 0.25) is 5.82 Å². The minimum Gasteiger partial charge on any atom is -0.475 e. The maximum absolute atomic E-state index is 10.7. The van der Waals surface area contributed by atoms with Crippen LogP contribution in [0.5, 0.6) is 0 Å². The van der Waals surface area contributed by atoms with Crippen LogP contribution in [0.2, 0.25) is 0 Å². The van der Waals surface area contributed by atoms with Gasteiger partial charge in [0.1, 0.15) is 0 Å². The van der Waals surface area contributed by atoms with E-state index in [0.29, 0.717) is 5.65 Å². The van der Waals surface area contributed by atoms with Crippen molar-refractivity contribution < 1.29 is 9.90 Å². The quantitative estimate of drug-likeness (QED) is 0.795. The lowest BCUT2D eigenvalue weighted by molar-refractivity contribution is 0.0684. The molecule has 6 nitrogen and oxygen atoms in total. The van der Waals surface area contributed by atoms with Crippen LogP contribution < -0.4 is 0 Å². The zero-order chi connectivity index (χ0) is 11.0. The molecule has 2 aromatic rings. The topological polar surface area (TPSA) is 80.9 Å². The van der Waals surface area contributed by atoms with Crippen molar-refractivity contribution in [2.24, 2.45) is 0 Å². The van der Waals surface area contributed by atoms with Crippen molar-refractivity contribution in [3.63, 3.8) is 0 Å². The summed E-state index contributed by atoms with van der Waals surface area (Å²) in [4.78, 5) is 18.4. The molecule has 0 bridgehead atoms. The first-order valence-corrected chi connectivity index (χ1v) is 4.53. The molecule has 0 spiro atoms. The molecule has 78 valence electrons. The summed E-state index contributed by atoms with van der Waals surface area (Å²) in [5, 5.41) is 13.6. The Balaban J connectivity index is 2.66. The molecule has 0 saturated heterocycles. The average Bonchev–Trinajstić information content (AvgIpc) is 2.59. The predicted octanol–water partition coefficient (Wildman–Crippen LogP) is 1.11. The molecule has 0 aliphatic carbocycles. The first-order valence-electron chi connectivity index (χ1n) is 4.53. The number of carboxylic acid groups (broad SMARTS) is 1. The molecule has 0 saturated carbocycles. The lowest BCUT2D eigenvalue weighted by Crippen LogP contribution is -2.08. The van der Waals surface area contributed by atoms with Gasteiger partial charge in [0.25, 0.3) is 0 Å². The van der Waals surface area contributed by atoms with Crippen LogP contribution in [0.3, 0.4) is 0 Å². The monoisotopic (exact) mass is 206 g/mol. The molecule has 0 aliphatic rings. The maximum Gasteiger partial charge on any atom is 0.374 e. The molecule has 6 heteroatoms. The summed E-state index contributed by atoms with van der Waals surface area (Å²) < 4.78 is 1.67. The molecule has 0 radical (unpaired) electrons. The van der Waals surface area contributed by atoms with Gasteiger partial charge in [-0.2, -0.15) is 5.10 Å². The first kappa shape index (κ1) is 9.57. The number of rotatable bonds is 2. The number of carbonyl (C=O) groups is 1. The van der Waals surface area contributed by atoms with Crippen LogP contribution in [0.25, 0.3) is 11.0 Å². The van der Waals surface area contributed by atoms with Crippen LogP contribution in [0, 0.1) is 0 Å². The number of fused-ring (bicyclic) bond motifs is 1. The maximum atomic E-state index is 10.7. The highest BCUT2D eigenvalue weighted by molar-refractivity contribution is 5.86. The standard InChI is InChI=1S/C9H10N4O2/c1-5(2)13-8-6(4-11-13)3-10-7(12-8)9(14)15/h3-5H,1-2H3,(H,14,15). The largest absolute Gasteiger partial charge is 0.475 e. The molecular formula is C9H10N4O2. The fraction of sp³-hybridized carbons (Fsp3) is 0.333. The van der Waals surface area contributed by atoms with E-state index in [9.17, 15) is 4.79 Å². The summed E-state index contributed by atoms with van der Waals surface area (Å²) in [6.07, 6.45) is 3.10. The number of hydrogen-bond acceptors (Lipinski definition) is 4. The van der Waals surface area contributed by atoms with E-state index in [0.717, 1.165) is 5.39 Å². The lowest BCUT2D eigenvalue weighted by Gasteiger charge is -2.05. The van der Waals surface area contributed by atoms with E-state index in [2.05, 4.69) is 15.1 Å². The highest BCUT2D eigenvalue weighted by Gasteiger charge is 2.12. The second kappa shape index (κ2) is 3.30. The van der Waals surface area contributed by atoms with Crippen molar-refractivity contribution in [3.05, 3.63) is 18.2 Å². The molecule has 0 aromatic carbocycles. The Morgan fingerprint density at radius 2 is 2.20 bits per heavy atom. The minimum atomic E-state index is -1.13. The van der Waals surface area contributed by atoms with Crippen molar-refractivity contribution in [1.82, 2.24) is 19.7 Å². The molecule has 0 amide bonds. The number of nitrogens with zero attached hydrogens (tertiary/aromatic N) is 4. The molecule has 15 heavy (non-hydrogen) atoms. The zero-order valence-electron chi connectivity index (χ0n) is 8.38. The summed E-state index contributed by atoms with van der Waals surface area (Å²) in [5.41, 5.74) is 0.553. The fourth-order valence-corrected chi connectivity index (χ4v) is 1.32. The van der Waals surface area contributed by atoms with Crippen LogP contribution in [0.4, 0.5) is 0 Å². The Labute approximate surface area is 85.6 Å². The summed E-state index contributed by atoms with van der Waals surface area (Å²) in [6, 6.07) is 0.138. The van der Waals surface area contributed by atoms with E-state index < -0.39 is 5.97 Å². The Morgan fingerprint density at radius 3 is 2.80 bits per heavy atom. The van der Waals surface area contributed by atoms with E-state index >= 15 is 0 Å². The van der Waals surface area contributed by atoms with Crippen LogP contribution in [0.15, 0.2) is 12.4 Å². The summed E-state index contributed by atoms with van der Waals surface area (Å²) in [5.74, 6) is -1.33. The second-order valence-corrected chi connectivity index (χ2v) is 3.46. The predicted molar refractivity (Wildman–Crippen MR) is 52.7 cm³/mol. The molecule has 0 unspecified atom stereocenters. The normalized spacial score (nSPS) is 11.1. The second-order valence-electron chi connectivity index (χ2n) is 3.46. The van der Waals surface area contributed by atoms with Crippen LogP contribution in [-0.2, 0) is 0 Å². The molecule has 2 aromatic heterocycles. The van der Waals surface area contributed by atoms with Gasteiger partial charge in [-0.05, 0) is 13.8 Å². The zero-order valence-corrected chi connectivity index (χ0v) is 8.38. The van der Waals surface area contributed by atoms with Gasteiger partial charge in [0, 0.05) is 12.2 Å². The number of aromatic carboxylic acids is 1. The molecule has 1 N–H and O–H groups in total. The lowest BCUT2D eigenvalue weighted by atomic mass is 10.4. The minimum absolute atomic E-state index is 0.138. The Bertz CT molecular complexity index is 518. The van der Waals surface area contributed by atoms with E-state index in [1.165, 1.54) is 6.20 Å². The van der Waals surface area contributed by atoms with Gasteiger partial charge in [-0.25, -0.2) is 19.4 Å². The van der Waals surface area contributed by atoms with E-state index in [-0.39, 0.29) is 11.9 Å². The third kappa shape index (κ3) is 1.54. The highest BCUT2D eigenvalue weighted by atomic mass is 16.4. The van der Waals surface area contributed by atoms with Gasteiger partial charge in [-0.15, -0.1) is 0 Å². The summed E-state index contributed by atoms with van der Waals surface area (Å²) in [6.45, 7) is 3.91. The molecule has 2 rings (SSSR count). The molecule has 2 heterocycles. The van der Waals surface area contributed by atoms with Crippen molar-refractivity contribution in [2.75, 3.05) is 0 Å². The van der Waals surface area contributed by atoms with Gasteiger partial charge >= 0.3 is 5.97 Å². The third-order valence-electron chi connectivity index (χ3n) is 2.01. The van der Waals surface area contributed by atoms with Gasteiger partial charge in [0.05, 0.1) is 11.6 Å². The molecule has 0 aliphatic heterocycles. The smallest absolute Gasteiger partial charge is 0.374 e. The van der Waals surface area contributed by atoms with Gasteiger partial charge in [-0.3, -0.25) is 0 Å². The Kier molecular flexibility index (Phi) is 2.11. The molecular weight excluding hydrogens is 196 g/mol. The van der Waals surface area contributed by atoms with E-state index in [4.69, 9.17) is 5.11 Å². The Hall–Kier alpha value is -1.98. The SMILES string of the molecule is CC(C)n1ncc2cnc(C(=O)O)nc21. The fourth-order valence-electron chi connectivity index (χ4n) is 1.32. The first-order chi connectivity index (χ1) is 7.09. The average molecular weight is 206 g/mol. The van der Waals surface area contributed by atoms with Gasteiger partial charge < -0.3 is 5.11 Å².